The van der Waals surface area contributed by atoms with Gasteiger partial charge in [0.1, 0.15) is 13.2 Å². The maximum Gasteiger partial charge on any atom is 0.241 e. The van der Waals surface area contributed by atoms with Gasteiger partial charge in [0.2, 0.25) is 15.9 Å². The molecule has 1 heterocycles. The number of benzene rings is 2. The van der Waals surface area contributed by atoms with Crippen molar-refractivity contribution in [3.63, 3.8) is 0 Å². The van der Waals surface area contributed by atoms with Crippen molar-refractivity contribution >= 4 is 21.6 Å². The SMILES string of the molecule is CCc1ccc(S(=O)(=O)NCC(=O)Nc2ccc3c(c2)OCCO3)cc1. The van der Waals surface area contributed by atoms with Crippen molar-refractivity contribution in [1.82, 2.24) is 4.72 Å². The molecule has 0 radical (unpaired) electrons. The molecule has 7 nitrogen and oxygen atoms in total. The van der Waals surface area contributed by atoms with E-state index in [9.17, 15) is 13.2 Å². The zero-order chi connectivity index (χ0) is 18.6. The normalized spacial score (nSPS) is 13.3. The highest BCUT2D eigenvalue weighted by atomic mass is 32.2. The summed E-state index contributed by atoms with van der Waals surface area (Å²) in [6, 6.07) is 11.6. The molecule has 138 valence electrons. The zero-order valence-corrected chi connectivity index (χ0v) is 15.1. The maximum absolute atomic E-state index is 12.3. The third-order valence-electron chi connectivity index (χ3n) is 3.89. The van der Waals surface area contributed by atoms with Crippen LogP contribution in [0.3, 0.4) is 0 Å². The lowest BCUT2D eigenvalue weighted by Gasteiger charge is -2.19. The van der Waals surface area contributed by atoms with Gasteiger partial charge in [-0.05, 0) is 36.2 Å². The van der Waals surface area contributed by atoms with Crippen molar-refractivity contribution < 1.29 is 22.7 Å². The molecule has 2 N–H and O–H groups in total. The summed E-state index contributed by atoms with van der Waals surface area (Å²) in [5.41, 5.74) is 1.55. The Morgan fingerprint density at radius 3 is 2.42 bits per heavy atom. The van der Waals surface area contributed by atoms with Gasteiger partial charge in [0.25, 0.3) is 0 Å². The summed E-state index contributed by atoms with van der Waals surface area (Å²) in [6.07, 6.45) is 0.825. The molecule has 1 aliphatic rings. The largest absolute Gasteiger partial charge is 0.486 e. The molecule has 26 heavy (non-hydrogen) atoms. The molecule has 0 fully saturated rings. The number of anilines is 1. The first-order chi connectivity index (χ1) is 12.5. The average Bonchev–Trinajstić information content (AvgIpc) is 2.66. The molecular formula is C18H20N2O5S. The minimum Gasteiger partial charge on any atom is -0.486 e. The van der Waals surface area contributed by atoms with Gasteiger partial charge in [0, 0.05) is 11.8 Å². The van der Waals surface area contributed by atoms with E-state index in [2.05, 4.69) is 10.0 Å². The van der Waals surface area contributed by atoms with Gasteiger partial charge in [-0.3, -0.25) is 4.79 Å². The third kappa shape index (κ3) is 4.33. The van der Waals surface area contributed by atoms with Crippen molar-refractivity contribution in [3.05, 3.63) is 48.0 Å². The summed E-state index contributed by atoms with van der Waals surface area (Å²) in [7, 11) is -3.74. The Balaban J connectivity index is 1.59. The first-order valence-electron chi connectivity index (χ1n) is 8.26. The molecule has 2 aromatic rings. The van der Waals surface area contributed by atoms with Crippen molar-refractivity contribution in [2.45, 2.75) is 18.2 Å². The number of sulfonamides is 1. The van der Waals surface area contributed by atoms with Crippen LogP contribution in [0.2, 0.25) is 0 Å². The van der Waals surface area contributed by atoms with E-state index in [0.717, 1.165) is 12.0 Å². The summed E-state index contributed by atoms with van der Waals surface area (Å²) in [4.78, 5) is 12.2. The smallest absolute Gasteiger partial charge is 0.241 e. The third-order valence-corrected chi connectivity index (χ3v) is 5.31. The second-order valence-electron chi connectivity index (χ2n) is 5.73. The van der Waals surface area contributed by atoms with Crippen LogP contribution >= 0.6 is 0 Å². The van der Waals surface area contributed by atoms with E-state index in [1.54, 1.807) is 30.3 Å². The van der Waals surface area contributed by atoms with Crippen LogP contribution in [0.4, 0.5) is 5.69 Å². The molecule has 2 aromatic carbocycles. The Bertz CT molecular complexity index is 894. The average molecular weight is 376 g/mol. The predicted molar refractivity (Wildman–Crippen MR) is 97.1 cm³/mol. The van der Waals surface area contributed by atoms with Crippen LogP contribution in [-0.4, -0.2) is 34.1 Å². The Morgan fingerprint density at radius 2 is 1.73 bits per heavy atom. The zero-order valence-electron chi connectivity index (χ0n) is 14.3. The Kier molecular flexibility index (Phi) is 5.43. The van der Waals surface area contributed by atoms with Crippen molar-refractivity contribution in [1.29, 1.82) is 0 Å². The molecule has 0 aliphatic carbocycles. The molecule has 0 spiro atoms. The number of fused-ring (bicyclic) bond motifs is 1. The van der Waals surface area contributed by atoms with Crippen LogP contribution in [0.25, 0.3) is 0 Å². The molecular weight excluding hydrogens is 356 g/mol. The monoisotopic (exact) mass is 376 g/mol. The van der Waals surface area contributed by atoms with Gasteiger partial charge < -0.3 is 14.8 Å². The quantitative estimate of drug-likeness (QED) is 0.804. The summed E-state index contributed by atoms with van der Waals surface area (Å²) >= 11 is 0. The van der Waals surface area contributed by atoms with Crippen LogP contribution in [0.15, 0.2) is 47.4 Å². The number of amides is 1. The number of nitrogens with one attached hydrogen (secondary N) is 2. The molecule has 0 unspecified atom stereocenters. The Hall–Kier alpha value is -2.58. The number of hydrogen-bond acceptors (Lipinski definition) is 5. The van der Waals surface area contributed by atoms with Crippen molar-refractivity contribution in [2.75, 3.05) is 25.1 Å². The lowest BCUT2D eigenvalue weighted by atomic mass is 10.2. The molecule has 1 aliphatic heterocycles. The lowest BCUT2D eigenvalue weighted by Crippen LogP contribution is -2.32. The summed E-state index contributed by atoms with van der Waals surface area (Å²) in [6.45, 7) is 2.55. The van der Waals surface area contributed by atoms with Crippen molar-refractivity contribution in [3.8, 4) is 11.5 Å². The van der Waals surface area contributed by atoms with E-state index >= 15 is 0 Å². The standard InChI is InChI=1S/C18H20N2O5S/c1-2-13-3-6-15(7-4-13)26(22,23)19-12-18(21)20-14-5-8-16-17(11-14)25-10-9-24-16/h3-8,11,19H,2,9-10,12H2,1H3,(H,20,21). The molecule has 0 saturated carbocycles. The summed E-state index contributed by atoms with van der Waals surface area (Å²) < 4.78 is 37.7. The molecule has 3 rings (SSSR count). The molecule has 0 saturated heterocycles. The van der Waals surface area contributed by atoms with E-state index in [1.165, 1.54) is 12.1 Å². The number of hydrogen-bond donors (Lipinski definition) is 2. The van der Waals surface area contributed by atoms with Crippen LogP contribution in [0.1, 0.15) is 12.5 Å². The topological polar surface area (TPSA) is 93.7 Å². The highest BCUT2D eigenvalue weighted by molar-refractivity contribution is 7.89. The van der Waals surface area contributed by atoms with Crippen LogP contribution in [-0.2, 0) is 21.2 Å². The van der Waals surface area contributed by atoms with Gasteiger partial charge in [-0.1, -0.05) is 19.1 Å². The molecule has 0 aromatic heterocycles. The summed E-state index contributed by atoms with van der Waals surface area (Å²) in [5.74, 6) is 0.687. The number of carbonyl (C=O) groups excluding carboxylic acids is 1. The highest BCUT2D eigenvalue weighted by Crippen LogP contribution is 2.32. The molecule has 8 heteroatoms. The van der Waals surface area contributed by atoms with Gasteiger partial charge in [-0.2, -0.15) is 0 Å². The molecule has 0 bridgehead atoms. The van der Waals surface area contributed by atoms with Gasteiger partial charge in [0.15, 0.2) is 11.5 Å². The van der Waals surface area contributed by atoms with Crippen LogP contribution < -0.4 is 19.5 Å². The van der Waals surface area contributed by atoms with Crippen molar-refractivity contribution in [2.24, 2.45) is 0 Å². The Labute approximate surface area is 152 Å². The minimum atomic E-state index is -3.74. The number of carbonyl (C=O) groups is 1. The second-order valence-corrected chi connectivity index (χ2v) is 7.50. The van der Waals surface area contributed by atoms with Gasteiger partial charge in [-0.25, -0.2) is 13.1 Å². The van der Waals surface area contributed by atoms with Gasteiger partial charge >= 0.3 is 0 Å². The number of rotatable bonds is 6. The van der Waals surface area contributed by atoms with Gasteiger partial charge in [0.05, 0.1) is 11.4 Å². The fourth-order valence-corrected chi connectivity index (χ4v) is 3.46. The fourth-order valence-electron chi connectivity index (χ4n) is 2.47. The van der Waals surface area contributed by atoms with E-state index in [1.807, 2.05) is 6.92 Å². The maximum atomic E-state index is 12.3. The second kappa shape index (κ2) is 7.76. The fraction of sp³-hybridized carbons (Fsp3) is 0.278. The van der Waals surface area contributed by atoms with E-state index < -0.39 is 15.9 Å². The van der Waals surface area contributed by atoms with Crippen LogP contribution in [0, 0.1) is 0 Å². The number of ether oxygens (including phenoxy) is 2. The first kappa shape index (κ1) is 18.2. The lowest BCUT2D eigenvalue weighted by molar-refractivity contribution is -0.115. The first-order valence-corrected chi connectivity index (χ1v) is 9.74. The van der Waals surface area contributed by atoms with E-state index in [0.29, 0.717) is 30.4 Å². The summed E-state index contributed by atoms with van der Waals surface area (Å²) in [5, 5.41) is 2.63. The minimum absolute atomic E-state index is 0.127. The predicted octanol–water partition coefficient (Wildman–Crippen LogP) is 1.94. The molecule has 1 amide bonds. The van der Waals surface area contributed by atoms with Crippen LogP contribution in [0.5, 0.6) is 11.5 Å². The van der Waals surface area contributed by atoms with Gasteiger partial charge in [-0.15, -0.1) is 0 Å². The van der Waals surface area contributed by atoms with E-state index in [-0.39, 0.29) is 11.4 Å². The highest BCUT2D eigenvalue weighted by Gasteiger charge is 2.16. The van der Waals surface area contributed by atoms with E-state index in [4.69, 9.17) is 9.47 Å². The number of aryl methyl sites for hydroxylation is 1. The molecule has 0 atom stereocenters. The Morgan fingerprint density at radius 1 is 1.04 bits per heavy atom.